The summed E-state index contributed by atoms with van der Waals surface area (Å²) in [5.41, 5.74) is 0.294. The molecule has 0 heterocycles. The number of carbonyl (C=O) groups excluding carboxylic acids is 3. The summed E-state index contributed by atoms with van der Waals surface area (Å²) in [5.74, 6) is -1.73. The summed E-state index contributed by atoms with van der Waals surface area (Å²) < 4.78 is 52.7. The van der Waals surface area contributed by atoms with Crippen LogP contribution in [0.2, 0.25) is 0 Å². The number of ether oxygens (including phenoxy) is 2. The normalized spacial score (nSPS) is 22.0. The SMILES string of the molecule is COc1cc(C=O)cc(I)c1OC1C=C(C(=O)NCCO)CC(N(CC(F)(F)F)C(=O)C2CCCC2)C1O. The molecule has 13 heteroatoms. The van der Waals surface area contributed by atoms with Crippen molar-refractivity contribution < 1.29 is 47.2 Å². The van der Waals surface area contributed by atoms with Crippen LogP contribution < -0.4 is 14.8 Å². The van der Waals surface area contributed by atoms with E-state index in [1.54, 1.807) is 0 Å². The highest BCUT2D eigenvalue weighted by molar-refractivity contribution is 14.1. The fourth-order valence-corrected chi connectivity index (χ4v) is 5.55. The summed E-state index contributed by atoms with van der Waals surface area (Å²) >= 11 is 1.88. The van der Waals surface area contributed by atoms with E-state index in [9.17, 15) is 32.7 Å². The second-order valence-corrected chi connectivity index (χ2v) is 10.4. The minimum atomic E-state index is -4.74. The van der Waals surface area contributed by atoms with Crippen molar-refractivity contribution in [3.05, 3.63) is 32.9 Å². The van der Waals surface area contributed by atoms with Gasteiger partial charge in [-0.15, -0.1) is 0 Å². The predicted octanol–water partition coefficient (Wildman–Crippen LogP) is 2.61. The van der Waals surface area contributed by atoms with Crippen LogP contribution in [-0.2, 0) is 9.59 Å². The molecule has 3 N–H and O–H groups in total. The molecule has 3 atom stereocenters. The van der Waals surface area contributed by atoms with E-state index >= 15 is 0 Å². The molecule has 210 valence electrons. The van der Waals surface area contributed by atoms with Crippen molar-refractivity contribution in [1.29, 1.82) is 0 Å². The Hall–Kier alpha value is -2.39. The Morgan fingerprint density at radius 3 is 2.53 bits per heavy atom. The van der Waals surface area contributed by atoms with Crippen LogP contribution in [0.5, 0.6) is 11.5 Å². The van der Waals surface area contributed by atoms with Crippen molar-refractivity contribution in [2.24, 2.45) is 5.92 Å². The molecule has 2 aliphatic carbocycles. The molecule has 0 spiro atoms. The first-order valence-electron chi connectivity index (χ1n) is 12.1. The van der Waals surface area contributed by atoms with E-state index in [1.807, 2.05) is 22.6 Å². The van der Waals surface area contributed by atoms with Gasteiger partial charge in [-0.1, -0.05) is 12.8 Å². The molecule has 0 bridgehead atoms. The van der Waals surface area contributed by atoms with Crippen LogP contribution in [0.1, 0.15) is 42.5 Å². The molecular formula is C25H30F3IN2O7. The molecule has 3 unspecified atom stereocenters. The van der Waals surface area contributed by atoms with E-state index in [-0.39, 0.29) is 36.6 Å². The third-order valence-corrected chi connectivity index (χ3v) is 7.39. The summed E-state index contributed by atoms with van der Waals surface area (Å²) in [6.45, 7) is -2.04. The van der Waals surface area contributed by atoms with Crippen LogP contribution in [0.3, 0.4) is 0 Å². The lowest BCUT2D eigenvalue weighted by Crippen LogP contribution is -2.58. The molecule has 1 fully saturated rings. The predicted molar refractivity (Wildman–Crippen MR) is 138 cm³/mol. The standard InChI is InChI=1S/C25H30F3IN2O7/c1-37-20-9-14(12-33)8-17(29)22(20)38-19-11-16(23(35)30-6-7-32)10-18(21(19)34)31(13-25(26,27)28)24(36)15-4-2-3-5-15/h8-9,11-12,15,18-19,21,32,34H,2-7,10,13H2,1H3,(H,30,35). The highest BCUT2D eigenvalue weighted by Crippen LogP contribution is 2.38. The Kier molecular flexibility index (Phi) is 10.4. The topological polar surface area (TPSA) is 125 Å². The minimum absolute atomic E-state index is 0.00336. The third kappa shape index (κ3) is 7.38. The van der Waals surface area contributed by atoms with Gasteiger partial charge in [0.05, 0.1) is 23.3 Å². The van der Waals surface area contributed by atoms with Crippen molar-refractivity contribution in [3.63, 3.8) is 0 Å². The zero-order valence-electron chi connectivity index (χ0n) is 20.7. The lowest BCUT2D eigenvalue weighted by atomic mass is 9.87. The summed E-state index contributed by atoms with van der Waals surface area (Å²) in [6.07, 6.45) is -3.79. The maximum Gasteiger partial charge on any atom is 0.406 e. The number of hydrogen-bond donors (Lipinski definition) is 3. The largest absolute Gasteiger partial charge is 0.493 e. The molecule has 2 amide bonds. The molecule has 1 saturated carbocycles. The van der Waals surface area contributed by atoms with Crippen molar-refractivity contribution in [1.82, 2.24) is 10.2 Å². The summed E-state index contributed by atoms with van der Waals surface area (Å²) in [7, 11) is 1.34. The Morgan fingerprint density at radius 2 is 1.95 bits per heavy atom. The first-order valence-corrected chi connectivity index (χ1v) is 13.2. The summed E-state index contributed by atoms with van der Waals surface area (Å²) in [6, 6.07) is 1.48. The number of methoxy groups -OCH3 is 1. The average molecular weight is 654 g/mol. The molecule has 2 aliphatic rings. The van der Waals surface area contributed by atoms with Crippen molar-refractivity contribution in [2.45, 2.75) is 56.5 Å². The van der Waals surface area contributed by atoms with Crippen molar-refractivity contribution >= 4 is 40.7 Å². The van der Waals surface area contributed by atoms with E-state index < -0.39 is 48.7 Å². The van der Waals surface area contributed by atoms with E-state index in [1.165, 1.54) is 25.3 Å². The lowest BCUT2D eigenvalue weighted by Gasteiger charge is -2.41. The van der Waals surface area contributed by atoms with Gasteiger partial charge >= 0.3 is 6.18 Å². The molecule has 38 heavy (non-hydrogen) atoms. The van der Waals surface area contributed by atoms with Gasteiger partial charge in [-0.05, 0) is 53.6 Å². The van der Waals surface area contributed by atoms with Gasteiger partial charge in [0.15, 0.2) is 11.5 Å². The number of halogens is 4. The van der Waals surface area contributed by atoms with Crippen LogP contribution in [-0.4, -0.2) is 84.4 Å². The van der Waals surface area contributed by atoms with Gasteiger partial charge in [0.25, 0.3) is 0 Å². The number of amides is 2. The van der Waals surface area contributed by atoms with Gasteiger partial charge in [0.2, 0.25) is 11.8 Å². The number of aldehydes is 1. The third-order valence-electron chi connectivity index (χ3n) is 6.59. The average Bonchev–Trinajstić information content (AvgIpc) is 3.42. The van der Waals surface area contributed by atoms with Gasteiger partial charge in [-0.3, -0.25) is 14.4 Å². The van der Waals surface area contributed by atoms with Crippen LogP contribution in [0.15, 0.2) is 23.8 Å². The molecular weight excluding hydrogens is 624 g/mol. The van der Waals surface area contributed by atoms with Gasteiger partial charge in [-0.2, -0.15) is 13.2 Å². The number of aliphatic hydroxyl groups is 2. The van der Waals surface area contributed by atoms with Gasteiger partial charge in [-0.25, -0.2) is 0 Å². The molecule has 0 saturated heterocycles. The number of hydrogen-bond acceptors (Lipinski definition) is 7. The van der Waals surface area contributed by atoms with Gasteiger partial charge in [0, 0.05) is 30.0 Å². The molecule has 0 radical (unpaired) electrons. The number of nitrogens with zero attached hydrogens (tertiary/aromatic N) is 1. The number of carbonyl (C=O) groups is 3. The number of aliphatic hydroxyl groups excluding tert-OH is 2. The summed E-state index contributed by atoms with van der Waals surface area (Å²) in [5, 5.41) is 22.8. The highest BCUT2D eigenvalue weighted by atomic mass is 127. The van der Waals surface area contributed by atoms with Gasteiger partial charge in [0.1, 0.15) is 25.0 Å². The molecule has 0 aliphatic heterocycles. The molecule has 9 nitrogen and oxygen atoms in total. The molecule has 3 rings (SSSR count). The fraction of sp³-hybridized carbons (Fsp3) is 0.560. The molecule has 0 aromatic heterocycles. The highest BCUT2D eigenvalue weighted by Gasteiger charge is 2.46. The second kappa shape index (κ2) is 13.1. The van der Waals surface area contributed by atoms with Crippen LogP contribution in [0, 0.1) is 9.49 Å². The quantitative estimate of drug-likeness (QED) is 0.262. The van der Waals surface area contributed by atoms with E-state index in [2.05, 4.69) is 5.32 Å². The Balaban J connectivity index is 2.03. The molecule has 1 aromatic rings. The lowest BCUT2D eigenvalue weighted by molar-refractivity contribution is -0.175. The number of nitrogens with one attached hydrogen (secondary N) is 1. The maximum absolute atomic E-state index is 13.6. The second-order valence-electron chi connectivity index (χ2n) is 9.23. The van der Waals surface area contributed by atoms with Crippen molar-refractivity contribution in [2.75, 3.05) is 26.8 Å². The first kappa shape index (κ1) is 30.2. The molecule has 1 aromatic carbocycles. The smallest absolute Gasteiger partial charge is 0.406 e. The maximum atomic E-state index is 13.6. The number of alkyl halides is 3. The number of benzene rings is 1. The Morgan fingerprint density at radius 1 is 1.26 bits per heavy atom. The van der Waals surface area contributed by atoms with Crippen LogP contribution >= 0.6 is 22.6 Å². The zero-order valence-corrected chi connectivity index (χ0v) is 22.8. The van der Waals surface area contributed by atoms with E-state index in [0.29, 0.717) is 33.2 Å². The minimum Gasteiger partial charge on any atom is -0.493 e. The van der Waals surface area contributed by atoms with Crippen molar-refractivity contribution in [3.8, 4) is 11.5 Å². The van der Waals surface area contributed by atoms with E-state index in [0.717, 1.165) is 12.8 Å². The zero-order chi connectivity index (χ0) is 28.0. The van der Waals surface area contributed by atoms with E-state index in [4.69, 9.17) is 14.6 Å². The Bertz CT molecular complexity index is 1060. The van der Waals surface area contributed by atoms with Gasteiger partial charge < -0.3 is 29.9 Å². The fourth-order valence-electron chi connectivity index (χ4n) is 4.80. The van der Waals surface area contributed by atoms with Crippen LogP contribution in [0.4, 0.5) is 13.2 Å². The first-order chi connectivity index (χ1) is 18.0. The number of rotatable bonds is 10. The van der Waals surface area contributed by atoms with Crippen LogP contribution in [0.25, 0.3) is 0 Å². The Labute approximate surface area is 231 Å². The monoisotopic (exact) mass is 654 g/mol. The summed E-state index contributed by atoms with van der Waals surface area (Å²) in [4.78, 5) is 37.9.